The summed E-state index contributed by atoms with van der Waals surface area (Å²) in [5.41, 5.74) is 13.0. The number of rotatable bonds is 2. The van der Waals surface area contributed by atoms with E-state index in [1.54, 1.807) is 0 Å². The van der Waals surface area contributed by atoms with E-state index in [0.29, 0.717) is 13.1 Å². The van der Waals surface area contributed by atoms with Crippen molar-refractivity contribution in [1.29, 1.82) is 0 Å². The van der Waals surface area contributed by atoms with Crippen molar-refractivity contribution in [1.82, 2.24) is 0 Å². The van der Waals surface area contributed by atoms with Crippen LogP contribution in [0.2, 0.25) is 0 Å². The standard InChI is InChI=1S/C3H8N2.2ClH.Cu/c4-2-1-3-5;;;/h4-5H,1-3H2;2*1H;/q-2;;;+2/p-2. The van der Waals surface area contributed by atoms with Crippen molar-refractivity contribution in [3.05, 3.63) is 11.5 Å². The Balaban J connectivity index is 0. The quantitative estimate of drug-likeness (QED) is 0.624. The van der Waals surface area contributed by atoms with Gasteiger partial charge in [-0.25, -0.2) is 0 Å². The Bertz CT molecular complexity index is 29.2. The molecule has 0 bridgehead atoms. The molecule has 0 aromatic heterocycles. The molecule has 2 nitrogen and oxygen atoms in total. The molecule has 0 aliphatic carbocycles. The first kappa shape index (κ1) is 11.8. The summed E-state index contributed by atoms with van der Waals surface area (Å²) in [5, 5.41) is 0. The molecule has 0 unspecified atom stereocenters. The van der Waals surface area contributed by atoms with Crippen molar-refractivity contribution in [3.8, 4) is 0 Å². The van der Waals surface area contributed by atoms with E-state index in [1.807, 2.05) is 0 Å². The molecule has 0 fully saturated rings. The van der Waals surface area contributed by atoms with Crippen LogP contribution in [0.3, 0.4) is 0 Å². The monoisotopic (exact) mass is 205 g/mol. The fourth-order valence-corrected chi connectivity index (χ4v) is 0.0884. The van der Waals surface area contributed by atoms with Crippen molar-refractivity contribution < 1.29 is 13.1 Å². The summed E-state index contributed by atoms with van der Waals surface area (Å²) >= 11 is 0.757. The average Bonchev–Trinajstić information content (AvgIpc) is 1.71. The third kappa shape index (κ3) is 27.9. The largest absolute Gasteiger partial charge is 0.677 e. The van der Waals surface area contributed by atoms with Gasteiger partial charge in [0.2, 0.25) is 0 Å². The van der Waals surface area contributed by atoms with Crippen LogP contribution in [0.1, 0.15) is 6.42 Å². The van der Waals surface area contributed by atoms with Crippen LogP contribution in [-0.2, 0) is 13.1 Å². The SMILES string of the molecule is [Cl][Cu][Cl].[NH-]CCC[NH-]. The van der Waals surface area contributed by atoms with Gasteiger partial charge >= 0.3 is 33.3 Å². The van der Waals surface area contributed by atoms with Crippen LogP contribution in [0.4, 0.5) is 0 Å². The van der Waals surface area contributed by atoms with Crippen molar-refractivity contribution in [3.63, 3.8) is 0 Å². The summed E-state index contributed by atoms with van der Waals surface area (Å²) in [4.78, 5) is 0. The van der Waals surface area contributed by atoms with E-state index < -0.39 is 0 Å². The fraction of sp³-hybridized carbons (Fsp3) is 1.00. The molecule has 0 saturated heterocycles. The van der Waals surface area contributed by atoms with Gasteiger partial charge in [-0.2, -0.15) is 13.1 Å². The molecule has 0 saturated carbocycles. The predicted molar refractivity (Wildman–Crippen MR) is 34.7 cm³/mol. The third-order valence-electron chi connectivity index (χ3n) is 0.354. The van der Waals surface area contributed by atoms with Gasteiger partial charge in [-0.05, 0) is 0 Å². The maximum atomic E-state index is 6.48. The zero-order chi connectivity index (χ0) is 6.83. The van der Waals surface area contributed by atoms with Gasteiger partial charge in [-0.1, -0.05) is 6.42 Å². The molecule has 0 amide bonds. The number of hydrogen-bond acceptors (Lipinski definition) is 0. The molecule has 8 heavy (non-hydrogen) atoms. The van der Waals surface area contributed by atoms with E-state index in [0.717, 1.165) is 19.6 Å². The molecule has 57 valence electrons. The molecule has 0 aliphatic heterocycles. The second-order valence-corrected chi connectivity index (χ2v) is 2.45. The molecule has 0 aromatic carbocycles. The van der Waals surface area contributed by atoms with Gasteiger partial charge in [0.15, 0.2) is 0 Å². The fourth-order valence-electron chi connectivity index (χ4n) is 0.0884. The second-order valence-electron chi connectivity index (χ2n) is 0.897. The summed E-state index contributed by atoms with van der Waals surface area (Å²) in [7, 11) is 9.34. The summed E-state index contributed by atoms with van der Waals surface area (Å²) in [6, 6.07) is 0. The molecule has 2 N–H and O–H groups in total. The van der Waals surface area contributed by atoms with Crippen molar-refractivity contribution in [2.45, 2.75) is 6.42 Å². The van der Waals surface area contributed by atoms with Crippen LogP contribution in [0.15, 0.2) is 0 Å². The van der Waals surface area contributed by atoms with Gasteiger partial charge in [0, 0.05) is 0 Å². The van der Waals surface area contributed by atoms with Crippen LogP contribution in [0, 0.1) is 0 Å². The van der Waals surface area contributed by atoms with Crippen LogP contribution >= 0.6 is 20.2 Å². The van der Waals surface area contributed by atoms with Gasteiger partial charge < -0.3 is 11.5 Å². The molecular weight excluding hydrogens is 198 g/mol. The van der Waals surface area contributed by atoms with Crippen LogP contribution in [-0.4, -0.2) is 13.1 Å². The third-order valence-corrected chi connectivity index (χ3v) is 0.354. The second kappa shape index (κ2) is 15.7. The van der Waals surface area contributed by atoms with Crippen molar-refractivity contribution in [2.75, 3.05) is 13.1 Å². The number of nitrogens with one attached hydrogen (secondary N) is 2. The minimum absolute atomic E-state index is 0.406. The Kier molecular flexibility index (Phi) is 23.1. The van der Waals surface area contributed by atoms with E-state index in [2.05, 4.69) is 20.2 Å². The van der Waals surface area contributed by atoms with Gasteiger partial charge in [-0.3, -0.25) is 0 Å². The molecule has 5 heteroatoms. The van der Waals surface area contributed by atoms with Crippen LogP contribution in [0.25, 0.3) is 11.5 Å². The molecule has 0 rings (SSSR count). The van der Waals surface area contributed by atoms with E-state index in [4.69, 9.17) is 11.5 Å². The van der Waals surface area contributed by atoms with E-state index in [9.17, 15) is 0 Å². The predicted octanol–water partition coefficient (Wildman–Crippen LogP) is 2.86. The van der Waals surface area contributed by atoms with E-state index in [1.165, 1.54) is 0 Å². The van der Waals surface area contributed by atoms with Gasteiger partial charge in [-0.15, -0.1) is 0 Å². The summed E-state index contributed by atoms with van der Waals surface area (Å²) < 4.78 is 0. The molecule has 0 heterocycles. The van der Waals surface area contributed by atoms with Gasteiger partial charge in [0.05, 0.1) is 0 Å². The smallest absolute Gasteiger partial charge is 0.0916 e. The first-order valence-electron chi connectivity index (χ1n) is 1.94. The summed E-state index contributed by atoms with van der Waals surface area (Å²) in [6.45, 7) is 0.812. The number of hydrogen-bond donors (Lipinski definition) is 0. The van der Waals surface area contributed by atoms with Gasteiger partial charge in [0.25, 0.3) is 0 Å². The molecule has 0 atom stereocenters. The molecule has 0 aliphatic rings. The summed E-state index contributed by atoms with van der Waals surface area (Å²) in [6.07, 6.45) is 0.722. The van der Waals surface area contributed by atoms with Crippen molar-refractivity contribution >= 4 is 20.2 Å². The molecule has 0 spiro atoms. The Morgan fingerprint density at radius 1 is 1.12 bits per heavy atom. The van der Waals surface area contributed by atoms with Gasteiger partial charge in [0.1, 0.15) is 0 Å². The molecule has 0 aromatic rings. The normalized spacial score (nSPS) is 8.00. The first-order chi connectivity index (χ1) is 3.83. The van der Waals surface area contributed by atoms with Crippen LogP contribution < -0.4 is 0 Å². The topological polar surface area (TPSA) is 47.6 Å². The Hall–Kier alpha value is 1.02. The van der Waals surface area contributed by atoms with E-state index in [-0.39, 0.29) is 0 Å². The maximum Gasteiger partial charge on any atom is -0.0916 e. The Labute approximate surface area is 64.5 Å². The Morgan fingerprint density at radius 2 is 1.38 bits per heavy atom. The Morgan fingerprint density at radius 3 is 1.38 bits per heavy atom. The van der Waals surface area contributed by atoms with Crippen LogP contribution in [0.5, 0.6) is 0 Å². The maximum absolute atomic E-state index is 6.48. The molecule has 0 radical (unpaired) electrons. The first-order valence-corrected chi connectivity index (χ1v) is 4.53. The zero-order valence-corrected chi connectivity index (χ0v) is 6.63. The number of halogens is 2. The minimum Gasteiger partial charge on any atom is -0.677 e. The summed E-state index contributed by atoms with van der Waals surface area (Å²) in [5.74, 6) is 0. The van der Waals surface area contributed by atoms with Crippen molar-refractivity contribution in [2.24, 2.45) is 0 Å². The van der Waals surface area contributed by atoms with E-state index >= 15 is 0 Å². The average molecular weight is 207 g/mol. The molecular formula is C3H8Cl2CuN2-2. The minimum atomic E-state index is 0.406. The zero-order valence-electron chi connectivity index (χ0n) is 4.18.